The molecule has 2 N–H and O–H groups in total. The summed E-state index contributed by atoms with van der Waals surface area (Å²) in [6.07, 6.45) is 2.15. The molecule has 0 spiro atoms. The van der Waals surface area contributed by atoms with Crippen molar-refractivity contribution in [3.63, 3.8) is 0 Å². The monoisotopic (exact) mass is 404 g/mol. The van der Waals surface area contributed by atoms with E-state index in [1.807, 2.05) is 34.9 Å². The van der Waals surface area contributed by atoms with Gasteiger partial charge >= 0.3 is 0 Å². The molecule has 2 aliphatic heterocycles. The first-order chi connectivity index (χ1) is 13.5. The Kier molecular flexibility index (Phi) is 7.76. The Hall–Kier alpha value is -1.57. The van der Waals surface area contributed by atoms with Crippen LogP contribution in [0.15, 0.2) is 24.3 Å². The van der Waals surface area contributed by atoms with Crippen LogP contribution in [-0.2, 0) is 4.79 Å². The molecule has 2 heterocycles. The van der Waals surface area contributed by atoms with Gasteiger partial charge in [-0.2, -0.15) is 11.8 Å². The fourth-order valence-corrected chi connectivity index (χ4v) is 4.71. The number of rotatable bonds is 6. The summed E-state index contributed by atoms with van der Waals surface area (Å²) < 4.78 is 0. The van der Waals surface area contributed by atoms with Crippen molar-refractivity contribution in [3.05, 3.63) is 29.8 Å². The molecular weight excluding hydrogens is 372 g/mol. The van der Waals surface area contributed by atoms with Crippen LogP contribution in [0.4, 0.5) is 5.69 Å². The van der Waals surface area contributed by atoms with Gasteiger partial charge in [-0.05, 0) is 31.0 Å². The lowest BCUT2D eigenvalue weighted by molar-refractivity contribution is -0.117. The fraction of sp³-hybridized carbons (Fsp3) is 0.619. The molecule has 0 atom stereocenters. The van der Waals surface area contributed by atoms with Crippen LogP contribution in [0.2, 0.25) is 0 Å². The Balaban J connectivity index is 1.48. The summed E-state index contributed by atoms with van der Waals surface area (Å²) in [4.78, 5) is 29.2. The standard InChI is InChI=1S/C21H32N4O2S/c1-16(2)22-18-6-8-24(9-7-18)15-20(26)23-19-5-3-4-17(14-19)21(27)25-10-12-28-13-11-25/h3-5,14,16,18,22H,6-13,15H2,1-2H3,(H,23,26). The molecule has 3 rings (SSSR count). The number of thioether (sulfide) groups is 1. The minimum absolute atomic E-state index is 0.0192. The predicted molar refractivity (Wildman–Crippen MR) is 116 cm³/mol. The third kappa shape index (κ3) is 6.22. The van der Waals surface area contributed by atoms with E-state index in [2.05, 4.69) is 29.4 Å². The van der Waals surface area contributed by atoms with E-state index in [9.17, 15) is 9.59 Å². The molecule has 2 aliphatic rings. The molecule has 0 bridgehead atoms. The van der Waals surface area contributed by atoms with Gasteiger partial charge in [0.15, 0.2) is 0 Å². The minimum Gasteiger partial charge on any atom is -0.337 e. The first-order valence-corrected chi connectivity index (χ1v) is 11.4. The Morgan fingerprint density at radius 2 is 1.86 bits per heavy atom. The summed E-state index contributed by atoms with van der Waals surface area (Å²) in [5.41, 5.74) is 1.34. The van der Waals surface area contributed by atoms with Crippen molar-refractivity contribution in [3.8, 4) is 0 Å². The third-order valence-corrected chi connectivity index (χ3v) is 6.16. The first kappa shape index (κ1) is 21.1. The molecular formula is C21H32N4O2S. The number of nitrogens with one attached hydrogen (secondary N) is 2. The van der Waals surface area contributed by atoms with Gasteiger partial charge in [-0.1, -0.05) is 19.9 Å². The zero-order valence-electron chi connectivity index (χ0n) is 16.9. The van der Waals surface area contributed by atoms with E-state index in [1.54, 1.807) is 6.07 Å². The van der Waals surface area contributed by atoms with Crippen LogP contribution < -0.4 is 10.6 Å². The maximum atomic E-state index is 12.7. The second-order valence-corrected chi connectivity index (χ2v) is 9.13. The topological polar surface area (TPSA) is 64.7 Å². The zero-order chi connectivity index (χ0) is 19.9. The number of nitrogens with zero attached hydrogens (tertiary/aromatic N) is 2. The molecule has 7 heteroatoms. The molecule has 0 radical (unpaired) electrons. The van der Waals surface area contributed by atoms with Gasteiger partial charge in [0.25, 0.3) is 5.91 Å². The van der Waals surface area contributed by atoms with Gasteiger partial charge < -0.3 is 15.5 Å². The van der Waals surface area contributed by atoms with Gasteiger partial charge in [-0.15, -0.1) is 0 Å². The van der Waals surface area contributed by atoms with Crippen LogP contribution in [0.25, 0.3) is 0 Å². The maximum Gasteiger partial charge on any atom is 0.253 e. The smallest absolute Gasteiger partial charge is 0.253 e. The molecule has 28 heavy (non-hydrogen) atoms. The number of benzene rings is 1. The Morgan fingerprint density at radius 1 is 1.14 bits per heavy atom. The summed E-state index contributed by atoms with van der Waals surface area (Å²) in [6.45, 7) is 8.19. The van der Waals surface area contributed by atoms with Gasteiger partial charge in [-0.3, -0.25) is 14.5 Å². The molecule has 0 aromatic heterocycles. The van der Waals surface area contributed by atoms with Crippen LogP contribution >= 0.6 is 11.8 Å². The van der Waals surface area contributed by atoms with Gasteiger partial charge in [-0.25, -0.2) is 0 Å². The molecule has 6 nitrogen and oxygen atoms in total. The molecule has 1 aromatic rings. The molecule has 2 amide bonds. The van der Waals surface area contributed by atoms with Crippen LogP contribution in [0.1, 0.15) is 37.0 Å². The lowest BCUT2D eigenvalue weighted by Crippen LogP contribution is -2.46. The van der Waals surface area contributed by atoms with Crippen molar-refractivity contribution >= 4 is 29.3 Å². The first-order valence-electron chi connectivity index (χ1n) is 10.3. The molecule has 0 saturated carbocycles. The van der Waals surface area contributed by atoms with Crippen molar-refractivity contribution < 1.29 is 9.59 Å². The third-order valence-electron chi connectivity index (χ3n) is 5.22. The highest BCUT2D eigenvalue weighted by molar-refractivity contribution is 7.99. The quantitative estimate of drug-likeness (QED) is 0.762. The normalized spacial score (nSPS) is 19.0. The van der Waals surface area contributed by atoms with E-state index in [0.29, 0.717) is 29.9 Å². The molecule has 0 aliphatic carbocycles. The van der Waals surface area contributed by atoms with Crippen molar-refractivity contribution in [1.82, 2.24) is 15.1 Å². The van der Waals surface area contributed by atoms with E-state index < -0.39 is 0 Å². The Morgan fingerprint density at radius 3 is 2.54 bits per heavy atom. The summed E-state index contributed by atoms with van der Waals surface area (Å²) in [5.74, 6) is 2.02. The SMILES string of the molecule is CC(C)NC1CCN(CC(=O)Nc2cccc(C(=O)N3CCSCC3)c2)CC1. The number of amides is 2. The van der Waals surface area contributed by atoms with Crippen molar-refractivity contribution in [2.45, 2.75) is 38.8 Å². The summed E-state index contributed by atoms with van der Waals surface area (Å²) in [7, 11) is 0. The lowest BCUT2D eigenvalue weighted by Gasteiger charge is -2.33. The summed E-state index contributed by atoms with van der Waals surface area (Å²) in [5, 5.41) is 6.53. The van der Waals surface area contributed by atoms with Gasteiger partial charge in [0, 0.05) is 61.0 Å². The average Bonchev–Trinajstić information content (AvgIpc) is 2.69. The minimum atomic E-state index is -0.0192. The van der Waals surface area contributed by atoms with E-state index in [1.165, 1.54) is 0 Å². The molecule has 0 unspecified atom stereocenters. The van der Waals surface area contributed by atoms with Crippen molar-refractivity contribution in [2.24, 2.45) is 0 Å². The van der Waals surface area contributed by atoms with Gasteiger partial charge in [0.2, 0.25) is 5.91 Å². The van der Waals surface area contributed by atoms with Crippen molar-refractivity contribution in [2.75, 3.05) is 49.5 Å². The largest absolute Gasteiger partial charge is 0.337 e. The highest BCUT2D eigenvalue weighted by Gasteiger charge is 2.22. The van der Waals surface area contributed by atoms with Crippen LogP contribution in [0.5, 0.6) is 0 Å². The second-order valence-electron chi connectivity index (χ2n) is 7.91. The average molecular weight is 405 g/mol. The summed E-state index contributed by atoms with van der Waals surface area (Å²) in [6, 6.07) is 8.35. The van der Waals surface area contributed by atoms with E-state index in [0.717, 1.165) is 50.5 Å². The number of anilines is 1. The molecule has 154 valence electrons. The van der Waals surface area contributed by atoms with Crippen molar-refractivity contribution in [1.29, 1.82) is 0 Å². The Labute approximate surface area is 172 Å². The predicted octanol–water partition coefficient (Wildman–Crippen LogP) is 2.28. The number of piperidine rings is 1. The van der Waals surface area contributed by atoms with E-state index in [-0.39, 0.29) is 11.8 Å². The number of hydrogen-bond acceptors (Lipinski definition) is 5. The zero-order valence-corrected chi connectivity index (χ0v) is 17.8. The van der Waals surface area contributed by atoms with Gasteiger partial charge in [0.1, 0.15) is 0 Å². The number of likely N-dealkylation sites (tertiary alicyclic amines) is 1. The molecule has 2 saturated heterocycles. The van der Waals surface area contributed by atoms with Gasteiger partial charge in [0.05, 0.1) is 6.54 Å². The number of hydrogen-bond donors (Lipinski definition) is 2. The highest BCUT2D eigenvalue weighted by atomic mass is 32.2. The fourth-order valence-electron chi connectivity index (χ4n) is 3.81. The highest BCUT2D eigenvalue weighted by Crippen LogP contribution is 2.17. The van der Waals surface area contributed by atoms with Crippen LogP contribution in [0.3, 0.4) is 0 Å². The molecule has 2 fully saturated rings. The second kappa shape index (κ2) is 10.3. The van der Waals surface area contributed by atoms with E-state index in [4.69, 9.17) is 0 Å². The number of carbonyl (C=O) groups is 2. The lowest BCUT2D eigenvalue weighted by atomic mass is 10.0. The summed E-state index contributed by atoms with van der Waals surface area (Å²) >= 11 is 1.88. The molecule has 1 aromatic carbocycles. The van der Waals surface area contributed by atoms with Crippen LogP contribution in [0, 0.1) is 0 Å². The van der Waals surface area contributed by atoms with Crippen LogP contribution in [-0.4, -0.2) is 77.9 Å². The van der Waals surface area contributed by atoms with E-state index >= 15 is 0 Å². The Bertz CT molecular complexity index is 668. The number of carbonyl (C=O) groups excluding carboxylic acids is 2. The maximum absolute atomic E-state index is 12.7.